The van der Waals surface area contributed by atoms with Crippen molar-refractivity contribution >= 4 is 11.8 Å². The van der Waals surface area contributed by atoms with Gasteiger partial charge in [0.2, 0.25) is 5.89 Å². The predicted octanol–water partition coefficient (Wildman–Crippen LogP) is 1.91. The van der Waals surface area contributed by atoms with Gasteiger partial charge in [-0.05, 0) is 50.3 Å². The topological polar surface area (TPSA) is 51.0 Å². The van der Waals surface area contributed by atoms with E-state index < -0.39 is 0 Å². The van der Waals surface area contributed by atoms with E-state index in [1.54, 1.807) is 0 Å². The summed E-state index contributed by atoms with van der Waals surface area (Å²) in [6.45, 7) is 0.997. The van der Waals surface area contributed by atoms with Crippen molar-refractivity contribution < 1.29 is 4.52 Å². The number of thioether (sulfide) groups is 1. The van der Waals surface area contributed by atoms with Crippen LogP contribution < -0.4 is 5.32 Å². The molecule has 0 aromatic carbocycles. The highest BCUT2D eigenvalue weighted by Gasteiger charge is 2.17. The third-order valence-corrected chi connectivity index (χ3v) is 4.34. The molecule has 0 aliphatic carbocycles. The van der Waals surface area contributed by atoms with Crippen molar-refractivity contribution in [2.45, 2.75) is 32.1 Å². The summed E-state index contributed by atoms with van der Waals surface area (Å²) in [4.78, 5) is 4.46. The molecule has 1 saturated heterocycles. The fourth-order valence-corrected chi connectivity index (χ4v) is 3.27. The molecule has 0 radical (unpaired) electrons. The number of aromatic nitrogens is 2. The quantitative estimate of drug-likeness (QED) is 0.787. The van der Waals surface area contributed by atoms with E-state index in [9.17, 15) is 0 Å². The highest BCUT2D eigenvalue weighted by molar-refractivity contribution is 7.99. The van der Waals surface area contributed by atoms with Crippen molar-refractivity contribution in [3.8, 4) is 0 Å². The van der Waals surface area contributed by atoms with Crippen LogP contribution in [0.3, 0.4) is 0 Å². The Bertz CT molecular complexity index is 323. The Morgan fingerprint density at radius 1 is 1.53 bits per heavy atom. The summed E-state index contributed by atoms with van der Waals surface area (Å²) < 4.78 is 5.26. The number of hydrogen-bond acceptors (Lipinski definition) is 5. The van der Waals surface area contributed by atoms with Gasteiger partial charge in [0, 0.05) is 12.8 Å². The molecule has 1 atom stereocenters. The van der Waals surface area contributed by atoms with Gasteiger partial charge in [-0.15, -0.1) is 0 Å². The van der Waals surface area contributed by atoms with E-state index >= 15 is 0 Å². The number of nitrogens with one attached hydrogen (secondary N) is 1. The Morgan fingerprint density at radius 2 is 2.47 bits per heavy atom. The number of rotatable bonds is 6. The van der Waals surface area contributed by atoms with E-state index in [-0.39, 0.29) is 0 Å². The minimum atomic E-state index is 0.747. The lowest BCUT2D eigenvalue weighted by molar-refractivity contribution is 0.366. The fourth-order valence-electron chi connectivity index (χ4n) is 2.12. The zero-order valence-corrected chi connectivity index (χ0v) is 11.3. The van der Waals surface area contributed by atoms with Gasteiger partial charge in [-0.1, -0.05) is 5.16 Å². The highest BCUT2D eigenvalue weighted by atomic mass is 32.2. The van der Waals surface area contributed by atoms with Gasteiger partial charge in [0.1, 0.15) is 0 Å². The molecule has 4 nitrogen and oxygen atoms in total. The van der Waals surface area contributed by atoms with Crippen LogP contribution in [0.5, 0.6) is 0 Å². The third-order valence-electron chi connectivity index (χ3n) is 3.05. The molecular formula is C12H21N3OS. The van der Waals surface area contributed by atoms with E-state index in [0.29, 0.717) is 0 Å². The maximum Gasteiger partial charge on any atom is 0.226 e. The summed E-state index contributed by atoms with van der Waals surface area (Å²) in [5.74, 6) is 5.01. The minimum absolute atomic E-state index is 0.747. The van der Waals surface area contributed by atoms with Crippen LogP contribution in [0, 0.1) is 5.92 Å². The Morgan fingerprint density at radius 3 is 3.24 bits per heavy atom. The Kier molecular flexibility index (Phi) is 5.32. The lowest BCUT2D eigenvalue weighted by atomic mass is 10.0. The molecule has 0 saturated carbocycles. The zero-order valence-electron chi connectivity index (χ0n) is 10.4. The molecule has 2 heterocycles. The highest BCUT2D eigenvalue weighted by Crippen LogP contribution is 2.24. The zero-order chi connectivity index (χ0) is 11.9. The van der Waals surface area contributed by atoms with Crippen molar-refractivity contribution in [1.82, 2.24) is 15.5 Å². The van der Waals surface area contributed by atoms with Gasteiger partial charge in [0.05, 0.1) is 0 Å². The first-order valence-electron chi connectivity index (χ1n) is 6.42. The van der Waals surface area contributed by atoms with Gasteiger partial charge >= 0.3 is 0 Å². The van der Waals surface area contributed by atoms with E-state index in [0.717, 1.165) is 43.4 Å². The molecule has 1 aromatic rings. The van der Waals surface area contributed by atoms with Crippen LogP contribution in [-0.4, -0.2) is 35.2 Å². The lowest BCUT2D eigenvalue weighted by Crippen LogP contribution is -2.14. The van der Waals surface area contributed by atoms with E-state index in [1.165, 1.54) is 24.3 Å². The number of hydrogen-bond donors (Lipinski definition) is 1. The van der Waals surface area contributed by atoms with Crippen LogP contribution in [0.25, 0.3) is 0 Å². The first-order chi connectivity index (χ1) is 8.38. The molecule has 1 aromatic heterocycles. The lowest BCUT2D eigenvalue weighted by Gasteiger charge is -2.19. The first-order valence-corrected chi connectivity index (χ1v) is 7.57. The van der Waals surface area contributed by atoms with E-state index in [4.69, 9.17) is 4.52 Å². The summed E-state index contributed by atoms with van der Waals surface area (Å²) >= 11 is 2.05. The predicted molar refractivity (Wildman–Crippen MR) is 70.3 cm³/mol. The van der Waals surface area contributed by atoms with Crippen LogP contribution in [0.15, 0.2) is 4.52 Å². The molecule has 0 amide bonds. The average molecular weight is 255 g/mol. The number of aryl methyl sites for hydroxylation is 1. The second-order valence-electron chi connectivity index (χ2n) is 4.60. The van der Waals surface area contributed by atoms with Crippen molar-refractivity contribution in [1.29, 1.82) is 0 Å². The standard InChI is InChI=1S/C12H21N3OS/c1-13-6-2-5-12-14-11(15-16-12)8-10-4-3-7-17-9-10/h10,13H,2-9H2,1H3. The largest absolute Gasteiger partial charge is 0.339 e. The Hall–Kier alpha value is -0.550. The molecule has 0 spiro atoms. The van der Waals surface area contributed by atoms with Crippen molar-refractivity contribution in [2.24, 2.45) is 5.92 Å². The van der Waals surface area contributed by atoms with Gasteiger partial charge in [0.15, 0.2) is 5.82 Å². The van der Waals surface area contributed by atoms with Gasteiger partial charge < -0.3 is 9.84 Å². The molecule has 1 fully saturated rings. The molecule has 1 aliphatic rings. The molecule has 1 N–H and O–H groups in total. The minimum Gasteiger partial charge on any atom is -0.339 e. The summed E-state index contributed by atoms with van der Waals surface area (Å²) in [6.07, 6.45) is 5.58. The van der Waals surface area contributed by atoms with Gasteiger partial charge in [-0.25, -0.2) is 0 Å². The fraction of sp³-hybridized carbons (Fsp3) is 0.833. The number of nitrogens with zero attached hydrogens (tertiary/aromatic N) is 2. The first kappa shape index (κ1) is 12.9. The average Bonchev–Trinajstić information content (AvgIpc) is 2.79. The Labute approximate surface area is 107 Å². The third kappa shape index (κ3) is 4.32. The van der Waals surface area contributed by atoms with Crippen LogP contribution in [0.1, 0.15) is 31.0 Å². The molecule has 17 heavy (non-hydrogen) atoms. The van der Waals surface area contributed by atoms with Crippen LogP contribution in [-0.2, 0) is 12.8 Å². The second kappa shape index (κ2) is 7.01. The van der Waals surface area contributed by atoms with Crippen molar-refractivity contribution in [3.63, 3.8) is 0 Å². The summed E-state index contributed by atoms with van der Waals surface area (Å²) in [5, 5.41) is 7.19. The maximum absolute atomic E-state index is 5.26. The summed E-state index contributed by atoms with van der Waals surface area (Å²) in [5.41, 5.74) is 0. The molecule has 0 bridgehead atoms. The van der Waals surface area contributed by atoms with E-state index in [1.807, 2.05) is 7.05 Å². The van der Waals surface area contributed by atoms with E-state index in [2.05, 4.69) is 27.2 Å². The van der Waals surface area contributed by atoms with Crippen molar-refractivity contribution in [3.05, 3.63) is 11.7 Å². The SMILES string of the molecule is CNCCCc1nc(CC2CCCSC2)no1. The van der Waals surface area contributed by atoms with Crippen molar-refractivity contribution in [2.75, 3.05) is 25.1 Å². The molecule has 2 rings (SSSR count). The van der Waals surface area contributed by atoms with Crippen LogP contribution in [0.2, 0.25) is 0 Å². The van der Waals surface area contributed by atoms with Crippen LogP contribution >= 0.6 is 11.8 Å². The monoisotopic (exact) mass is 255 g/mol. The molecule has 96 valence electrons. The molecule has 5 heteroatoms. The molecule has 1 aliphatic heterocycles. The second-order valence-corrected chi connectivity index (χ2v) is 5.75. The normalized spacial score (nSPS) is 20.6. The smallest absolute Gasteiger partial charge is 0.226 e. The summed E-state index contributed by atoms with van der Waals surface area (Å²) in [6, 6.07) is 0. The van der Waals surface area contributed by atoms with Crippen LogP contribution in [0.4, 0.5) is 0 Å². The molecule has 1 unspecified atom stereocenters. The van der Waals surface area contributed by atoms with Gasteiger partial charge in [0.25, 0.3) is 0 Å². The maximum atomic E-state index is 5.26. The Balaban J connectivity index is 1.76. The molecular weight excluding hydrogens is 234 g/mol. The summed E-state index contributed by atoms with van der Waals surface area (Å²) in [7, 11) is 1.96. The van der Waals surface area contributed by atoms with Gasteiger partial charge in [-0.3, -0.25) is 0 Å². The van der Waals surface area contributed by atoms with Gasteiger partial charge in [-0.2, -0.15) is 16.7 Å².